The van der Waals surface area contributed by atoms with E-state index in [0.29, 0.717) is 5.56 Å². The molecule has 0 radical (unpaired) electrons. The standard InChI is InChI=1S/C11H8Cl2FNO2S2/c1-6-2-3-7(14)4-8(6)15-19(16,17)9-5-10(12)18-11(9)13/h2-5,15H,1H3. The molecule has 0 atom stereocenters. The topological polar surface area (TPSA) is 46.2 Å². The summed E-state index contributed by atoms with van der Waals surface area (Å²) in [6.07, 6.45) is 0. The molecule has 0 spiro atoms. The summed E-state index contributed by atoms with van der Waals surface area (Å²) in [7, 11) is -3.89. The van der Waals surface area contributed by atoms with Crippen molar-refractivity contribution in [3.63, 3.8) is 0 Å². The van der Waals surface area contributed by atoms with Gasteiger partial charge in [-0.05, 0) is 30.7 Å². The summed E-state index contributed by atoms with van der Waals surface area (Å²) >= 11 is 12.5. The first-order valence-electron chi connectivity index (χ1n) is 5.03. The van der Waals surface area contributed by atoms with Gasteiger partial charge in [0.1, 0.15) is 15.0 Å². The van der Waals surface area contributed by atoms with Crippen molar-refractivity contribution in [2.24, 2.45) is 0 Å². The second-order valence-electron chi connectivity index (χ2n) is 3.75. The minimum atomic E-state index is -3.89. The minimum Gasteiger partial charge on any atom is -0.279 e. The molecule has 0 saturated heterocycles. The van der Waals surface area contributed by atoms with E-state index in [4.69, 9.17) is 23.2 Å². The molecule has 1 heterocycles. The Hall–Kier alpha value is -0.820. The number of rotatable bonds is 3. The van der Waals surface area contributed by atoms with Gasteiger partial charge in [0.2, 0.25) is 0 Å². The summed E-state index contributed by atoms with van der Waals surface area (Å²) in [5, 5.41) is 0. The van der Waals surface area contributed by atoms with Crippen LogP contribution in [0.1, 0.15) is 5.56 Å². The number of anilines is 1. The molecule has 0 aliphatic rings. The molecule has 0 fully saturated rings. The maximum atomic E-state index is 13.1. The van der Waals surface area contributed by atoms with Crippen LogP contribution < -0.4 is 4.72 Å². The largest absolute Gasteiger partial charge is 0.279 e. The van der Waals surface area contributed by atoms with Gasteiger partial charge in [0.15, 0.2) is 0 Å². The lowest BCUT2D eigenvalue weighted by Gasteiger charge is -2.09. The van der Waals surface area contributed by atoms with Crippen LogP contribution in [-0.4, -0.2) is 8.42 Å². The van der Waals surface area contributed by atoms with Gasteiger partial charge >= 0.3 is 0 Å². The number of nitrogens with one attached hydrogen (secondary N) is 1. The van der Waals surface area contributed by atoms with Gasteiger partial charge in [-0.3, -0.25) is 4.72 Å². The van der Waals surface area contributed by atoms with Crippen LogP contribution in [0.5, 0.6) is 0 Å². The van der Waals surface area contributed by atoms with E-state index >= 15 is 0 Å². The fraction of sp³-hybridized carbons (Fsp3) is 0.0909. The maximum absolute atomic E-state index is 13.1. The Morgan fingerprint density at radius 3 is 2.53 bits per heavy atom. The van der Waals surface area contributed by atoms with E-state index in [1.54, 1.807) is 6.92 Å². The molecule has 19 heavy (non-hydrogen) atoms. The van der Waals surface area contributed by atoms with Gasteiger partial charge < -0.3 is 0 Å². The number of hydrogen-bond donors (Lipinski definition) is 1. The predicted molar refractivity (Wildman–Crippen MR) is 76.3 cm³/mol. The van der Waals surface area contributed by atoms with Gasteiger partial charge in [-0.25, -0.2) is 12.8 Å². The van der Waals surface area contributed by atoms with E-state index in [1.807, 2.05) is 0 Å². The fourth-order valence-corrected chi connectivity index (χ4v) is 4.68. The lowest BCUT2D eigenvalue weighted by Crippen LogP contribution is -2.13. The second kappa shape index (κ2) is 5.28. The molecule has 102 valence electrons. The molecule has 2 aromatic rings. The molecule has 8 heteroatoms. The fourth-order valence-electron chi connectivity index (χ4n) is 1.41. The Balaban J connectivity index is 2.42. The Morgan fingerprint density at radius 2 is 1.95 bits per heavy atom. The van der Waals surface area contributed by atoms with E-state index in [0.717, 1.165) is 17.4 Å². The van der Waals surface area contributed by atoms with Gasteiger partial charge in [0.05, 0.1) is 10.0 Å². The van der Waals surface area contributed by atoms with Gasteiger partial charge in [0.25, 0.3) is 10.0 Å². The SMILES string of the molecule is Cc1ccc(F)cc1NS(=O)(=O)c1cc(Cl)sc1Cl. The van der Waals surface area contributed by atoms with Crippen LogP contribution >= 0.6 is 34.5 Å². The summed E-state index contributed by atoms with van der Waals surface area (Å²) in [6, 6.07) is 5.09. The van der Waals surface area contributed by atoms with E-state index in [1.165, 1.54) is 18.2 Å². The van der Waals surface area contributed by atoms with Crippen molar-refractivity contribution in [2.45, 2.75) is 11.8 Å². The molecular formula is C11H8Cl2FNO2S2. The summed E-state index contributed by atoms with van der Waals surface area (Å²) in [5.74, 6) is -0.530. The third-order valence-electron chi connectivity index (χ3n) is 2.36. The zero-order valence-corrected chi connectivity index (χ0v) is 12.7. The third kappa shape index (κ3) is 3.20. The number of sulfonamides is 1. The number of hydrogen-bond acceptors (Lipinski definition) is 3. The van der Waals surface area contributed by atoms with Crippen LogP contribution in [0.25, 0.3) is 0 Å². The molecule has 1 N–H and O–H groups in total. The number of thiophene rings is 1. The molecule has 3 nitrogen and oxygen atoms in total. The Kier molecular flexibility index (Phi) is 4.06. The summed E-state index contributed by atoms with van der Waals surface area (Å²) < 4.78 is 40.0. The van der Waals surface area contributed by atoms with Crippen molar-refractivity contribution in [1.82, 2.24) is 0 Å². The van der Waals surface area contributed by atoms with Crippen LogP contribution in [0.3, 0.4) is 0 Å². The summed E-state index contributed by atoms with van der Waals surface area (Å²) in [5.41, 5.74) is 0.765. The highest BCUT2D eigenvalue weighted by atomic mass is 35.5. The molecule has 1 aromatic carbocycles. The first-order valence-corrected chi connectivity index (χ1v) is 8.09. The summed E-state index contributed by atoms with van der Waals surface area (Å²) in [4.78, 5) is -0.118. The van der Waals surface area contributed by atoms with Gasteiger partial charge in [-0.1, -0.05) is 29.3 Å². The Morgan fingerprint density at radius 1 is 1.26 bits per heavy atom. The molecule has 0 bridgehead atoms. The monoisotopic (exact) mass is 339 g/mol. The molecule has 1 aromatic heterocycles. The van der Waals surface area contributed by atoms with Crippen LogP contribution in [0.2, 0.25) is 8.67 Å². The van der Waals surface area contributed by atoms with Crippen molar-refractivity contribution in [3.05, 3.63) is 44.3 Å². The van der Waals surface area contributed by atoms with Gasteiger partial charge in [0, 0.05) is 0 Å². The second-order valence-corrected chi connectivity index (χ2v) is 7.69. The smallest absolute Gasteiger partial charge is 0.264 e. The first kappa shape index (κ1) is 14.6. The molecule has 0 saturated carbocycles. The average molecular weight is 340 g/mol. The van der Waals surface area contributed by atoms with Gasteiger partial charge in [-0.15, -0.1) is 11.3 Å². The zero-order chi connectivity index (χ0) is 14.2. The average Bonchev–Trinajstić information content (AvgIpc) is 2.63. The van der Waals surface area contributed by atoms with E-state index in [-0.39, 0.29) is 19.3 Å². The zero-order valence-electron chi connectivity index (χ0n) is 9.58. The maximum Gasteiger partial charge on any atom is 0.264 e. The number of benzene rings is 1. The minimum absolute atomic E-state index is 0.0616. The Labute approximate surface area is 124 Å². The lowest BCUT2D eigenvalue weighted by molar-refractivity contribution is 0.601. The number of halogens is 3. The molecule has 0 unspecified atom stereocenters. The highest BCUT2D eigenvalue weighted by Gasteiger charge is 2.21. The quantitative estimate of drug-likeness (QED) is 0.905. The first-order chi connectivity index (χ1) is 8.79. The van der Waals surface area contributed by atoms with Crippen molar-refractivity contribution >= 4 is 50.2 Å². The number of aryl methyl sites for hydroxylation is 1. The molecule has 0 aliphatic heterocycles. The van der Waals surface area contributed by atoms with Crippen molar-refractivity contribution in [1.29, 1.82) is 0 Å². The summed E-state index contributed by atoms with van der Waals surface area (Å²) in [6.45, 7) is 1.67. The van der Waals surface area contributed by atoms with E-state index in [9.17, 15) is 12.8 Å². The van der Waals surface area contributed by atoms with Crippen LogP contribution in [0.15, 0.2) is 29.2 Å². The normalized spacial score (nSPS) is 11.6. The molecular weight excluding hydrogens is 332 g/mol. The Bertz CT molecular complexity index is 728. The van der Waals surface area contributed by atoms with Crippen LogP contribution in [0, 0.1) is 12.7 Å². The van der Waals surface area contributed by atoms with Crippen molar-refractivity contribution in [2.75, 3.05) is 4.72 Å². The van der Waals surface area contributed by atoms with E-state index in [2.05, 4.69) is 4.72 Å². The molecule has 0 aliphatic carbocycles. The third-order valence-corrected chi connectivity index (χ3v) is 5.48. The van der Waals surface area contributed by atoms with E-state index < -0.39 is 15.8 Å². The molecule has 2 rings (SSSR count). The highest BCUT2D eigenvalue weighted by Crippen LogP contribution is 2.35. The lowest BCUT2D eigenvalue weighted by atomic mass is 10.2. The van der Waals surface area contributed by atoms with Crippen LogP contribution in [0.4, 0.5) is 10.1 Å². The predicted octanol–water partition coefficient (Wildman–Crippen LogP) is 4.30. The van der Waals surface area contributed by atoms with Crippen molar-refractivity contribution < 1.29 is 12.8 Å². The van der Waals surface area contributed by atoms with Crippen molar-refractivity contribution in [3.8, 4) is 0 Å². The highest BCUT2D eigenvalue weighted by molar-refractivity contribution is 7.93. The van der Waals surface area contributed by atoms with Crippen LogP contribution in [-0.2, 0) is 10.0 Å². The molecule has 0 amide bonds. The van der Waals surface area contributed by atoms with Gasteiger partial charge in [-0.2, -0.15) is 0 Å².